The molecule has 0 fully saturated rings. The lowest BCUT2D eigenvalue weighted by molar-refractivity contribution is -0.121. The molecule has 0 aliphatic carbocycles. The molecule has 0 spiro atoms. The van der Waals surface area contributed by atoms with Gasteiger partial charge in [0.05, 0.1) is 16.1 Å². The first-order valence-electron chi connectivity index (χ1n) is 8.87. The average molecular weight is 406 g/mol. The van der Waals surface area contributed by atoms with Crippen LogP contribution in [0, 0.1) is 0 Å². The van der Waals surface area contributed by atoms with Gasteiger partial charge in [0.2, 0.25) is 5.91 Å². The van der Waals surface area contributed by atoms with Gasteiger partial charge in [0.1, 0.15) is 24.7 Å². The van der Waals surface area contributed by atoms with Crippen LogP contribution in [0.1, 0.15) is 25.6 Å². The van der Waals surface area contributed by atoms with Crippen molar-refractivity contribution < 1.29 is 9.53 Å². The van der Waals surface area contributed by atoms with Crippen LogP contribution in [-0.2, 0) is 17.9 Å². The van der Waals surface area contributed by atoms with Gasteiger partial charge in [-0.15, -0.1) is 0 Å². The molecular formula is C20H21Cl2N3O2. The zero-order valence-electron chi connectivity index (χ0n) is 15.0. The number of carbonyl (C=O) groups is 1. The van der Waals surface area contributed by atoms with Crippen molar-refractivity contribution in [3.63, 3.8) is 0 Å². The number of ether oxygens (including phenoxy) is 1. The number of hydrogen-bond acceptors (Lipinski definition) is 3. The molecule has 5 nitrogen and oxygen atoms in total. The molecule has 0 aliphatic heterocycles. The van der Waals surface area contributed by atoms with Gasteiger partial charge in [0, 0.05) is 11.6 Å². The predicted molar refractivity (Wildman–Crippen MR) is 108 cm³/mol. The van der Waals surface area contributed by atoms with Crippen LogP contribution >= 0.6 is 23.2 Å². The average Bonchev–Trinajstić information content (AvgIpc) is 2.99. The van der Waals surface area contributed by atoms with Crippen molar-refractivity contribution >= 4 is 40.1 Å². The van der Waals surface area contributed by atoms with Crippen LogP contribution in [0.2, 0.25) is 10.0 Å². The van der Waals surface area contributed by atoms with E-state index >= 15 is 0 Å². The molecule has 1 N–H and O–H groups in total. The summed E-state index contributed by atoms with van der Waals surface area (Å²) >= 11 is 12.1. The first kappa shape index (κ1) is 19.5. The fraction of sp³-hybridized carbons (Fsp3) is 0.300. The molecule has 7 heteroatoms. The number of nitrogens with one attached hydrogen (secondary N) is 1. The van der Waals surface area contributed by atoms with Crippen molar-refractivity contribution in [1.29, 1.82) is 0 Å². The van der Waals surface area contributed by atoms with Gasteiger partial charge in [-0.05, 0) is 36.8 Å². The first-order valence-corrected chi connectivity index (χ1v) is 9.62. The molecule has 0 atom stereocenters. The number of imidazole rings is 1. The lowest BCUT2D eigenvalue weighted by atomic mass is 10.3. The fourth-order valence-corrected chi connectivity index (χ4v) is 3.21. The Morgan fingerprint density at radius 2 is 2.04 bits per heavy atom. The number of nitrogens with zero attached hydrogens (tertiary/aromatic N) is 2. The summed E-state index contributed by atoms with van der Waals surface area (Å²) in [6.07, 6.45) is 2.00. The summed E-state index contributed by atoms with van der Waals surface area (Å²) in [6, 6.07) is 12.8. The zero-order valence-corrected chi connectivity index (χ0v) is 16.6. The number of aromatic nitrogens is 2. The number of halogens is 2. The second-order valence-electron chi connectivity index (χ2n) is 6.17. The van der Waals surface area contributed by atoms with E-state index in [1.54, 1.807) is 18.2 Å². The molecule has 1 heterocycles. The molecule has 0 aliphatic rings. The molecule has 2 aromatic carbocycles. The molecule has 0 saturated carbocycles. The smallest absolute Gasteiger partial charge is 0.240 e. The van der Waals surface area contributed by atoms with Gasteiger partial charge < -0.3 is 14.6 Å². The number of unbranched alkanes of at least 4 members (excludes halogenated alkanes) is 1. The van der Waals surface area contributed by atoms with E-state index in [9.17, 15) is 4.79 Å². The lowest BCUT2D eigenvalue weighted by Gasteiger charge is -2.11. The maximum atomic E-state index is 12.3. The van der Waals surface area contributed by atoms with E-state index in [0.29, 0.717) is 28.2 Å². The second kappa shape index (κ2) is 9.11. The van der Waals surface area contributed by atoms with E-state index in [4.69, 9.17) is 27.9 Å². The van der Waals surface area contributed by atoms with Gasteiger partial charge in [-0.1, -0.05) is 48.7 Å². The topological polar surface area (TPSA) is 56.2 Å². The Labute approximate surface area is 168 Å². The monoisotopic (exact) mass is 405 g/mol. The van der Waals surface area contributed by atoms with E-state index in [-0.39, 0.29) is 19.1 Å². The summed E-state index contributed by atoms with van der Waals surface area (Å²) in [4.78, 5) is 16.9. The van der Waals surface area contributed by atoms with Crippen molar-refractivity contribution in [1.82, 2.24) is 14.9 Å². The van der Waals surface area contributed by atoms with E-state index in [2.05, 4.69) is 17.2 Å². The SMILES string of the molecule is CCCCNC(=O)Cn1c(COc2ccc(Cl)cc2Cl)nc2ccccc21. The van der Waals surface area contributed by atoms with Crippen LogP contribution in [-0.4, -0.2) is 22.0 Å². The second-order valence-corrected chi connectivity index (χ2v) is 7.01. The van der Waals surface area contributed by atoms with Crippen LogP contribution in [0.25, 0.3) is 11.0 Å². The van der Waals surface area contributed by atoms with Gasteiger partial charge in [-0.25, -0.2) is 4.98 Å². The predicted octanol–water partition coefficient (Wildman–Crippen LogP) is 4.84. The van der Waals surface area contributed by atoms with Gasteiger partial charge in [-0.3, -0.25) is 4.79 Å². The van der Waals surface area contributed by atoms with E-state index in [0.717, 1.165) is 23.9 Å². The number of amides is 1. The molecular weight excluding hydrogens is 385 g/mol. The molecule has 0 bridgehead atoms. The van der Waals surface area contributed by atoms with Crippen molar-refractivity contribution in [3.05, 3.63) is 58.3 Å². The van der Waals surface area contributed by atoms with E-state index < -0.39 is 0 Å². The molecule has 142 valence electrons. The summed E-state index contributed by atoms with van der Waals surface area (Å²) in [5.74, 6) is 1.14. The zero-order chi connectivity index (χ0) is 19.2. The van der Waals surface area contributed by atoms with Crippen LogP contribution in [0.4, 0.5) is 0 Å². The number of para-hydroxylation sites is 2. The number of rotatable bonds is 8. The summed E-state index contributed by atoms with van der Waals surface area (Å²) in [7, 11) is 0. The van der Waals surface area contributed by atoms with Gasteiger partial charge in [0.15, 0.2) is 0 Å². The Morgan fingerprint density at radius 1 is 1.22 bits per heavy atom. The van der Waals surface area contributed by atoms with Crippen molar-refractivity contribution in [2.24, 2.45) is 0 Å². The molecule has 1 amide bonds. The molecule has 27 heavy (non-hydrogen) atoms. The fourth-order valence-electron chi connectivity index (χ4n) is 2.75. The highest BCUT2D eigenvalue weighted by molar-refractivity contribution is 6.35. The van der Waals surface area contributed by atoms with Crippen molar-refractivity contribution in [2.45, 2.75) is 32.9 Å². The maximum absolute atomic E-state index is 12.3. The van der Waals surface area contributed by atoms with Crippen molar-refractivity contribution in [2.75, 3.05) is 6.54 Å². The molecule has 0 saturated heterocycles. The number of fused-ring (bicyclic) bond motifs is 1. The Bertz CT molecular complexity index is 940. The summed E-state index contributed by atoms with van der Waals surface area (Å²) in [5.41, 5.74) is 1.71. The molecule has 0 radical (unpaired) electrons. The van der Waals surface area contributed by atoms with Gasteiger partial charge in [-0.2, -0.15) is 0 Å². The minimum absolute atomic E-state index is 0.0441. The third-order valence-corrected chi connectivity index (χ3v) is 4.67. The van der Waals surface area contributed by atoms with E-state index in [1.807, 2.05) is 28.8 Å². The summed E-state index contributed by atoms with van der Waals surface area (Å²) < 4.78 is 7.70. The molecule has 0 unspecified atom stereocenters. The Morgan fingerprint density at radius 3 is 2.81 bits per heavy atom. The Balaban J connectivity index is 1.80. The van der Waals surface area contributed by atoms with E-state index in [1.165, 1.54) is 0 Å². The summed E-state index contributed by atoms with van der Waals surface area (Å²) in [6.45, 7) is 3.15. The Hall–Kier alpha value is -2.24. The number of hydrogen-bond donors (Lipinski definition) is 1. The molecule has 3 rings (SSSR count). The lowest BCUT2D eigenvalue weighted by Crippen LogP contribution is -2.29. The molecule has 1 aromatic heterocycles. The third kappa shape index (κ3) is 4.93. The van der Waals surface area contributed by atoms with Crippen LogP contribution in [0.5, 0.6) is 5.75 Å². The number of benzene rings is 2. The standard InChI is InChI=1S/C20H21Cl2N3O2/c1-2-3-10-23-20(26)12-25-17-7-5-4-6-16(17)24-19(25)13-27-18-9-8-14(21)11-15(18)22/h4-9,11H,2-3,10,12-13H2,1H3,(H,23,26). The van der Waals surface area contributed by atoms with Crippen LogP contribution in [0.3, 0.4) is 0 Å². The largest absolute Gasteiger partial charge is 0.484 e. The van der Waals surface area contributed by atoms with Crippen LogP contribution < -0.4 is 10.1 Å². The highest BCUT2D eigenvalue weighted by Gasteiger charge is 2.14. The number of carbonyl (C=O) groups excluding carboxylic acids is 1. The third-order valence-electron chi connectivity index (χ3n) is 4.14. The maximum Gasteiger partial charge on any atom is 0.240 e. The normalized spacial score (nSPS) is 10.9. The molecule has 3 aromatic rings. The van der Waals surface area contributed by atoms with Gasteiger partial charge in [0.25, 0.3) is 0 Å². The Kier molecular flexibility index (Phi) is 6.58. The summed E-state index contributed by atoms with van der Waals surface area (Å²) in [5, 5.41) is 3.92. The highest BCUT2D eigenvalue weighted by Crippen LogP contribution is 2.28. The minimum Gasteiger partial charge on any atom is -0.484 e. The highest BCUT2D eigenvalue weighted by atomic mass is 35.5. The van der Waals surface area contributed by atoms with Crippen molar-refractivity contribution in [3.8, 4) is 5.75 Å². The quantitative estimate of drug-likeness (QED) is 0.545. The first-order chi connectivity index (χ1) is 13.1. The minimum atomic E-state index is -0.0441. The van der Waals surface area contributed by atoms with Crippen LogP contribution in [0.15, 0.2) is 42.5 Å². The van der Waals surface area contributed by atoms with Gasteiger partial charge >= 0.3 is 0 Å².